The van der Waals surface area contributed by atoms with E-state index in [9.17, 15) is 9.59 Å². The van der Waals surface area contributed by atoms with Gasteiger partial charge in [0.2, 0.25) is 11.8 Å². The van der Waals surface area contributed by atoms with Gasteiger partial charge in [0.25, 0.3) is 0 Å². The van der Waals surface area contributed by atoms with Crippen LogP contribution in [0.1, 0.15) is 33.6 Å². The predicted molar refractivity (Wildman–Crippen MR) is 75.7 cm³/mol. The molecule has 1 N–H and O–H groups in total. The van der Waals surface area contributed by atoms with Crippen molar-refractivity contribution in [1.29, 1.82) is 0 Å². The van der Waals surface area contributed by atoms with Gasteiger partial charge in [0, 0.05) is 6.54 Å². The van der Waals surface area contributed by atoms with E-state index in [-0.39, 0.29) is 23.9 Å². The normalized spacial score (nSPS) is 24.3. The summed E-state index contributed by atoms with van der Waals surface area (Å²) >= 11 is 0. The molecule has 5 heteroatoms. The fraction of sp³-hybridized carbons (Fsp3) is 0.857. The molecule has 0 aromatic heterocycles. The molecule has 1 fully saturated rings. The highest BCUT2D eigenvalue weighted by Gasteiger charge is 2.37. The summed E-state index contributed by atoms with van der Waals surface area (Å²) in [6, 6.07) is -0.693. The summed E-state index contributed by atoms with van der Waals surface area (Å²) in [5, 5.41) is 2.84. The van der Waals surface area contributed by atoms with Crippen molar-refractivity contribution in [3.63, 3.8) is 0 Å². The Morgan fingerprint density at radius 3 is 2.47 bits per heavy atom. The topological polar surface area (TPSA) is 52.7 Å². The van der Waals surface area contributed by atoms with Crippen LogP contribution in [-0.2, 0) is 9.59 Å². The molecule has 19 heavy (non-hydrogen) atoms. The van der Waals surface area contributed by atoms with Gasteiger partial charge in [-0.3, -0.25) is 9.59 Å². The monoisotopic (exact) mass is 269 g/mol. The molecule has 2 atom stereocenters. The van der Waals surface area contributed by atoms with Crippen molar-refractivity contribution in [3.8, 4) is 0 Å². The lowest BCUT2D eigenvalue weighted by molar-refractivity contribution is -0.149. The highest BCUT2D eigenvalue weighted by Crippen LogP contribution is 2.15. The Balaban J connectivity index is 2.64. The molecule has 2 amide bonds. The van der Waals surface area contributed by atoms with E-state index in [1.165, 1.54) is 0 Å². The molecule has 0 aromatic carbocycles. The molecule has 110 valence electrons. The summed E-state index contributed by atoms with van der Waals surface area (Å²) in [4.78, 5) is 28.1. The van der Waals surface area contributed by atoms with Gasteiger partial charge in [0.1, 0.15) is 12.1 Å². The lowest BCUT2D eigenvalue weighted by Crippen LogP contribution is -2.62. The Hall–Kier alpha value is -1.10. The SMILES string of the molecule is CC(C)CC1NC(=O)C(C)N(CCCN(C)C)C1=O. The fourth-order valence-corrected chi connectivity index (χ4v) is 2.38. The van der Waals surface area contributed by atoms with Crippen molar-refractivity contribution < 1.29 is 9.59 Å². The van der Waals surface area contributed by atoms with Crippen molar-refractivity contribution in [3.05, 3.63) is 0 Å². The van der Waals surface area contributed by atoms with Crippen LogP contribution in [0.25, 0.3) is 0 Å². The van der Waals surface area contributed by atoms with Crippen LogP contribution < -0.4 is 5.32 Å². The predicted octanol–water partition coefficient (Wildman–Crippen LogP) is 0.700. The number of hydrogen-bond acceptors (Lipinski definition) is 3. The van der Waals surface area contributed by atoms with E-state index in [1.54, 1.807) is 11.8 Å². The number of carbonyl (C=O) groups is 2. The molecule has 2 unspecified atom stereocenters. The maximum atomic E-state index is 12.4. The van der Waals surface area contributed by atoms with E-state index < -0.39 is 0 Å². The smallest absolute Gasteiger partial charge is 0.245 e. The van der Waals surface area contributed by atoms with Crippen LogP contribution in [0, 0.1) is 5.92 Å². The van der Waals surface area contributed by atoms with Gasteiger partial charge < -0.3 is 15.1 Å². The molecular formula is C14H27N3O2. The third kappa shape index (κ3) is 4.49. The van der Waals surface area contributed by atoms with E-state index in [0.29, 0.717) is 18.9 Å². The summed E-state index contributed by atoms with van der Waals surface area (Å²) in [6.07, 6.45) is 1.60. The molecule has 0 aliphatic carbocycles. The van der Waals surface area contributed by atoms with Crippen LogP contribution in [0.3, 0.4) is 0 Å². The van der Waals surface area contributed by atoms with E-state index in [1.807, 2.05) is 14.1 Å². The van der Waals surface area contributed by atoms with Gasteiger partial charge in [0.15, 0.2) is 0 Å². The number of amides is 2. The van der Waals surface area contributed by atoms with Crippen LogP contribution in [0.5, 0.6) is 0 Å². The van der Waals surface area contributed by atoms with Gasteiger partial charge in [-0.15, -0.1) is 0 Å². The van der Waals surface area contributed by atoms with E-state index in [0.717, 1.165) is 13.0 Å². The lowest BCUT2D eigenvalue weighted by atomic mass is 9.99. The Kier molecular flexibility index (Phi) is 5.79. The zero-order valence-corrected chi connectivity index (χ0v) is 12.8. The zero-order valence-electron chi connectivity index (χ0n) is 12.8. The average molecular weight is 269 g/mol. The van der Waals surface area contributed by atoms with Gasteiger partial charge in [-0.1, -0.05) is 13.8 Å². The van der Waals surface area contributed by atoms with Gasteiger partial charge in [-0.25, -0.2) is 0 Å². The molecule has 1 saturated heterocycles. The molecule has 0 bridgehead atoms. The van der Waals surface area contributed by atoms with Gasteiger partial charge in [-0.2, -0.15) is 0 Å². The highest BCUT2D eigenvalue weighted by molar-refractivity contribution is 5.96. The number of rotatable bonds is 6. The minimum Gasteiger partial charge on any atom is -0.343 e. The summed E-state index contributed by atoms with van der Waals surface area (Å²) in [5.41, 5.74) is 0. The maximum absolute atomic E-state index is 12.4. The molecule has 0 spiro atoms. The second-order valence-electron chi connectivity index (χ2n) is 6.06. The fourth-order valence-electron chi connectivity index (χ4n) is 2.38. The highest BCUT2D eigenvalue weighted by atomic mass is 16.2. The molecule has 1 rings (SSSR count). The average Bonchev–Trinajstić information content (AvgIpc) is 2.29. The third-order valence-corrected chi connectivity index (χ3v) is 3.46. The largest absolute Gasteiger partial charge is 0.343 e. The number of nitrogens with one attached hydrogen (secondary N) is 1. The maximum Gasteiger partial charge on any atom is 0.245 e. The van der Waals surface area contributed by atoms with Gasteiger partial charge >= 0.3 is 0 Å². The summed E-state index contributed by atoms with van der Waals surface area (Å²) < 4.78 is 0. The molecule has 0 saturated carbocycles. The van der Waals surface area contributed by atoms with E-state index in [4.69, 9.17) is 0 Å². The minimum absolute atomic E-state index is 0.0323. The first-order valence-electron chi connectivity index (χ1n) is 7.08. The minimum atomic E-state index is -0.349. The quantitative estimate of drug-likeness (QED) is 0.772. The Morgan fingerprint density at radius 2 is 1.95 bits per heavy atom. The van der Waals surface area contributed by atoms with Crippen LogP contribution in [0.15, 0.2) is 0 Å². The first-order valence-corrected chi connectivity index (χ1v) is 7.08. The Bertz CT molecular complexity index is 329. The van der Waals surface area contributed by atoms with Crippen LogP contribution in [0.2, 0.25) is 0 Å². The van der Waals surface area contributed by atoms with Crippen LogP contribution >= 0.6 is 0 Å². The number of nitrogens with zero attached hydrogens (tertiary/aromatic N) is 2. The van der Waals surface area contributed by atoms with Crippen molar-refractivity contribution in [1.82, 2.24) is 15.1 Å². The van der Waals surface area contributed by atoms with Crippen LogP contribution in [0.4, 0.5) is 0 Å². The second-order valence-corrected chi connectivity index (χ2v) is 6.06. The Labute approximate surface area is 116 Å². The van der Waals surface area contributed by atoms with E-state index >= 15 is 0 Å². The van der Waals surface area contributed by atoms with Crippen molar-refractivity contribution >= 4 is 11.8 Å². The Morgan fingerprint density at radius 1 is 1.32 bits per heavy atom. The number of piperazine rings is 1. The molecule has 1 aliphatic rings. The first kappa shape index (κ1) is 16.0. The van der Waals surface area contributed by atoms with Crippen molar-refractivity contribution in [2.24, 2.45) is 5.92 Å². The molecular weight excluding hydrogens is 242 g/mol. The number of hydrogen-bond donors (Lipinski definition) is 1. The molecule has 1 heterocycles. The van der Waals surface area contributed by atoms with Crippen LogP contribution in [-0.4, -0.2) is 60.9 Å². The van der Waals surface area contributed by atoms with Crippen molar-refractivity contribution in [2.75, 3.05) is 27.2 Å². The lowest BCUT2D eigenvalue weighted by Gasteiger charge is -2.38. The second kappa shape index (κ2) is 6.89. The molecule has 1 aliphatic heterocycles. The molecule has 0 aromatic rings. The first-order chi connectivity index (χ1) is 8.82. The summed E-state index contributed by atoms with van der Waals surface area (Å²) in [7, 11) is 4.02. The standard InChI is InChI=1S/C14H27N3O2/c1-10(2)9-12-14(19)17(8-6-7-16(4)5)11(3)13(18)15-12/h10-12H,6-9H2,1-5H3,(H,15,18). The summed E-state index contributed by atoms with van der Waals surface area (Å²) in [6.45, 7) is 7.50. The zero-order chi connectivity index (χ0) is 14.6. The third-order valence-electron chi connectivity index (χ3n) is 3.46. The molecule has 0 radical (unpaired) electrons. The van der Waals surface area contributed by atoms with Gasteiger partial charge in [0.05, 0.1) is 0 Å². The van der Waals surface area contributed by atoms with Gasteiger partial charge in [-0.05, 0) is 46.3 Å². The van der Waals surface area contributed by atoms with E-state index in [2.05, 4.69) is 24.1 Å². The summed E-state index contributed by atoms with van der Waals surface area (Å²) in [5.74, 6) is 0.431. The van der Waals surface area contributed by atoms with Crippen molar-refractivity contribution in [2.45, 2.75) is 45.7 Å². The number of carbonyl (C=O) groups excluding carboxylic acids is 2. The molecule has 5 nitrogen and oxygen atoms in total.